The molecule has 0 fully saturated rings. The number of aromatic nitrogens is 1. The van der Waals surface area contributed by atoms with E-state index in [1.165, 1.54) is 0 Å². The molecule has 1 aromatic rings. The van der Waals surface area contributed by atoms with E-state index >= 15 is 0 Å². The maximum Gasteiger partial charge on any atom is 0.241 e. The molecule has 22 heavy (non-hydrogen) atoms. The predicted molar refractivity (Wildman–Crippen MR) is 88.7 cm³/mol. The third kappa shape index (κ3) is 7.00. The van der Waals surface area contributed by atoms with Crippen molar-refractivity contribution in [2.24, 2.45) is 11.1 Å². The molecule has 0 bridgehead atoms. The van der Waals surface area contributed by atoms with E-state index < -0.39 is 16.6 Å². The van der Waals surface area contributed by atoms with Gasteiger partial charge in [0.1, 0.15) is 0 Å². The van der Waals surface area contributed by atoms with E-state index in [0.717, 1.165) is 0 Å². The maximum absolute atomic E-state index is 12.0. The monoisotopic (exact) mass is 325 g/mol. The molecule has 124 valence electrons. The minimum Gasteiger partial charge on any atom is -0.444 e. The van der Waals surface area contributed by atoms with E-state index in [2.05, 4.69) is 10.3 Å². The van der Waals surface area contributed by atoms with Gasteiger partial charge in [0.2, 0.25) is 5.91 Å². The second-order valence-electron chi connectivity index (χ2n) is 6.60. The Labute approximate surface area is 133 Å². The van der Waals surface area contributed by atoms with Crippen LogP contribution in [0.4, 0.5) is 5.69 Å². The van der Waals surface area contributed by atoms with Crippen molar-refractivity contribution in [3.05, 3.63) is 24.5 Å². The molecule has 0 spiro atoms. The number of rotatable bonds is 7. The Morgan fingerprint density at radius 1 is 1.45 bits per heavy atom. The number of hydrogen-bond donors (Lipinski definition) is 3. The van der Waals surface area contributed by atoms with E-state index in [-0.39, 0.29) is 16.6 Å². The van der Waals surface area contributed by atoms with Crippen molar-refractivity contribution in [1.82, 2.24) is 4.98 Å². The number of nitrogens with zero attached hydrogens (tertiary/aromatic N) is 1. The first-order chi connectivity index (χ1) is 10.2. The van der Waals surface area contributed by atoms with Crippen LogP contribution in [0.2, 0.25) is 0 Å². The molecule has 2 atom stereocenters. The van der Waals surface area contributed by atoms with Crippen LogP contribution in [0.3, 0.4) is 0 Å². The Morgan fingerprint density at radius 2 is 2.14 bits per heavy atom. The number of amides is 1. The van der Waals surface area contributed by atoms with Crippen molar-refractivity contribution in [3.63, 3.8) is 0 Å². The average Bonchev–Trinajstić information content (AvgIpc) is 2.42. The highest BCUT2D eigenvalue weighted by Crippen LogP contribution is 2.25. The molecule has 6 nitrogen and oxygen atoms in total. The summed E-state index contributed by atoms with van der Waals surface area (Å²) < 4.78 is 19.0. The summed E-state index contributed by atoms with van der Waals surface area (Å²) in [7, 11) is -1.66. The van der Waals surface area contributed by atoms with Crippen LogP contribution in [-0.4, -0.2) is 22.2 Å². The molecule has 0 aliphatic rings. The fourth-order valence-corrected chi connectivity index (χ4v) is 3.14. The Balaban J connectivity index is 2.52. The SMILES string of the molecule is CC(C)(C)C[C@H](CC[C@H](N)C(=O)Nc1cccnc1)[S-](=N)=O. The second-order valence-corrected chi connectivity index (χ2v) is 7.86. The lowest BCUT2D eigenvalue weighted by atomic mass is 9.89. The zero-order chi connectivity index (χ0) is 16.8. The van der Waals surface area contributed by atoms with Gasteiger partial charge in [0.05, 0.1) is 17.9 Å². The fourth-order valence-electron chi connectivity index (χ4n) is 2.14. The van der Waals surface area contributed by atoms with Crippen LogP contribution in [-0.2, 0) is 19.6 Å². The van der Waals surface area contributed by atoms with Crippen LogP contribution in [0, 0.1) is 10.2 Å². The standard InChI is InChI=1S/C15H25N4O2S/c1-15(2,3)9-12(22(17)21)6-7-13(16)14(20)19-11-5-4-8-18-10-11/h4-5,8,10,12-13,17H,6-7,9,16H2,1-3H3,(H,19,20)/q-1/t12-,13-/m0/s1. The summed E-state index contributed by atoms with van der Waals surface area (Å²) in [4.78, 5) is 15.9. The van der Waals surface area contributed by atoms with Crippen molar-refractivity contribution in [1.29, 1.82) is 4.78 Å². The van der Waals surface area contributed by atoms with Crippen molar-refractivity contribution in [2.45, 2.75) is 51.3 Å². The maximum atomic E-state index is 12.0. The summed E-state index contributed by atoms with van der Waals surface area (Å²) >= 11 is 0. The summed E-state index contributed by atoms with van der Waals surface area (Å²) in [6.45, 7) is 6.13. The van der Waals surface area contributed by atoms with Gasteiger partial charge in [-0.05, 0) is 24.0 Å². The Bertz CT molecular complexity index is 544. The zero-order valence-corrected chi connectivity index (χ0v) is 14.2. The molecule has 0 aromatic carbocycles. The molecule has 7 heteroatoms. The molecule has 1 amide bonds. The van der Waals surface area contributed by atoms with E-state index in [4.69, 9.17) is 10.5 Å². The average molecular weight is 325 g/mol. The molecule has 0 unspecified atom stereocenters. The Morgan fingerprint density at radius 3 is 2.64 bits per heavy atom. The number of hydrogen-bond acceptors (Lipinski definition) is 6. The van der Waals surface area contributed by atoms with Gasteiger partial charge in [0.25, 0.3) is 0 Å². The van der Waals surface area contributed by atoms with Gasteiger partial charge in [0.15, 0.2) is 0 Å². The van der Waals surface area contributed by atoms with Crippen LogP contribution in [0.1, 0.15) is 40.0 Å². The molecule has 4 N–H and O–H groups in total. The molecule has 1 aromatic heterocycles. The summed E-state index contributed by atoms with van der Waals surface area (Å²) in [6, 6.07) is 2.77. The van der Waals surface area contributed by atoms with E-state index in [1.54, 1.807) is 24.5 Å². The molecule has 0 saturated heterocycles. The summed E-state index contributed by atoms with van der Waals surface area (Å²) in [6.07, 6.45) is 4.73. The third-order valence-corrected chi connectivity index (χ3v) is 4.22. The van der Waals surface area contributed by atoms with Gasteiger partial charge in [-0.15, -0.1) is 0 Å². The number of nitrogens with two attached hydrogens (primary N) is 1. The molecular formula is C15H25N4O2S-. The first kappa shape index (κ1) is 18.6. The summed E-state index contributed by atoms with van der Waals surface area (Å²) in [5, 5.41) is 2.43. The second kappa shape index (κ2) is 8.24. The lowest BCUT2D eigenvalue weighted by Gasteiger charge is -2.28. The minimum atomic E-state index is -1.66. The summed E-state index contributed by atoms with van der Waals surface area (Å²) in [5.41, 5.74) is 6.47. The van der Waals surface area contributed by atoms with Gasteiger partial charge in [-0.2, -0.15) is 10.6 Å². The summed E-state index contributed by atoms with van der Waals surface area (Å²) in [5.74, 6) is -0.293. The topological polar surface area (TPSA) is 109 Å². The Hall–Kier alpha value is -1.47. The van der Waals surface area contributed by atoms with Gasteiger partial charge in [-0.25, -0.2) is 0 Å². The predicted octanol–water partition coefficient (Wildman–Crippen LogP) is 2.66. The van der Waals surface area contributed by atoms with Crippen LogP contribution in [0.5, 0.6) is 0 Å². The van der Waals surface area contributed by atoms with E-state index in [0.29, 0.717) is 24.9 Å². The third-order valence-electron chi connectivity index (χ3n) is 3.21. The van der Waals surface area contributed by atoms with Crippen molar-refractivity contribution >= 4 is 22.2 Å². The molecule has 1 rings (SSSR count). The molecule has 0 radical (unpaired) electrons. The normalized spacial score (nSPS) is 14.6. The van der Waals surface area contributed by atoms with Gasteiger partial charge in [-0.1, -0.05) is 38.9 Å². The zero-order valence-electron chi connectivity index (χ0n) is 13.3. The van der Waals surface area contributed by atoms with Crippen LogP contribution in [0.25, 0.3) is 0 Å². The minimum absolute atomic E-state index is 0.0105. The first-order valence-electron chi connectivity index (χ1n) is 7.27. The highest BCUT2D eigenvalue weighted by atomic mass is 32.2. The molecule has 0 aliphatic carbocycles. The highest BCUT2D eigenvalue weighted by Gasteiger charge is 2.18. The number of anilines is 1. The smallest absolute Gasteiger partial charge is 0.241 e. The van der Waals surface area contributed by atoms with Crippen LogP contribution < -0.4 is 11.1 Å². The van der Waals surface area contributed by atoms with Crippen molar-refractivity contribution < 1.29 is 9.00 Å². The van der Waals surface area contributed by atoms with Gasteiger partial charge >= 0.3 is 0 Å². The van der Waals surface area contributed by atoms with Gasteiger partial charge in [0, 0.05) is 6.20 Å². The van der Waals surface area contributed by atoms with Crippen LogP contribution >= 0.6 is 0 Å². The van der Waals surface area contributed by atoms with Gasteiger partial charge < -0.3 is 20.0 Å². The van der Waals surface area contributed by atoms with Gasteiger partial charge in [-0.3, -0.25) is 9.78 Å². The first-order valence-corrected chi connectivity index (χ1v) is 8.48. The quantitative estimate of drug-likeness (QED) is 0.669. The lowest BCUT2D eigenvalue weighted by Crippen LogP contribution is -2.36. The molecule has 1 heterocycles. The van der Waals surface area contributed by atoms with E-state index in [9.17, 15) is 9.00 Å². The molecular weight excluding hydrogens is 300 g/mol. The highest BCUT2D eigenvalue weighted by molar-refractivity contribution is 7.74. The number of pyridine rings is 1. The fraction of sp³-hybridized carbons (Fsp3) is 0.600. The van der Waals surface area contributed by atoms with E-state index in [1.807, 2.05) is 20.8 Å². The molecule has 0 saturated carbocycles. The number of nitrogens with one attached hydrogen (secondary N) is 2. The lowest BCUT2D eigenvalue weighted by molar-refractivity contribution is -0.117. The van der Waals surface area contributed by atoms with Crippen LogP contribution in [0.15, 0.2) is 24.5 Å². The number of carbonyl (C=O) groups is 1. The largest absolute Gasteiger partial charge is 0.444 e. The van der Waals surface area contributed by atoms with Crippen molar-refractivity contribution in [3.8, 4) is 0 Å². The Kier molecular flexibility index (Phi) is 6.96. The number of carbonyl (C=O) groups excluding carboxylic acids is 1. The molecule has 0 aliphatic heterocycles. The van der Waals surface area contributed by atoms with Crippen molar-refractivity contribution in [2.75, 3.05) is 5.32 Å².